The Morgan fingerprint density at radius 1 is 1.14 bits per heavy atom. The third-order valence-electron chi connectivity index (χ3n) is 1.80. The first kappa shape index (κ1) is 9.15. The number of halogens is 1. The van der Waals surface area contributed by atoms with Gasteiger partial charge >= 0.3 is 0 Å². The average molecular weight is 250 g/mol. The van der Waals surface area contributed by atoms with Crippen molar-refractivity contribution in [1.82, 2.24) is 9.97 Å². The molecule has 0 fully saturated rings. The lowest BCUT2D eigenvalue weighted by molar-refractivity contribution is 1.17. The van der Waals surface area contributed by atoms with Crippen molar-refractivity contribution in [1.29, 1.82) is 0 Å². The van der Waals surface area contributed by atoms with E-state index in [-0.39, 0.29) is 0 Å². The Bertz CT molecular complexity index is 442. The summed E-state index contributed by atoms with van der Waals surface area (Å²) in [5.74, 6) is 1.10. The quantitative estimate of drug-likeness (QED) is 0.845. The molecule has 0 saturated carbocycles. The van der Waals surface area contributed by atoms with Crippen LogP contribution in [0.2, 0.25) is 0 Å². The second kappa shape index (κ2) is 3.75. The SMILES string of the molecule is Nc1nc(-c2ccccc2)ncc1Br. The van der Waals surface area contributed by atoms with E-state index in [0.717, 1.165) is 10.0 Å². The zero-order valence-electron chi connectivity index (χ0n) is 7.31. The van der Waals surface area contributed by atoms with Crippen LogP contribution in [0.15, 0.2) is 41.0 Å². The van der Waals surface area contributed by atoms with Crippen LogP contribution in [0.5, 0.6) is 0 Å². The van der Waals surface area contributed by atoms with Crippen molar-refractivity contribution in [2.45, 2.75) is 0 Å². The first-order chi connectivity index (χ1) is 6.77. The van der Waals surface area contributed by atoms with Crippen molar-refractivity contribution in [3.63, 3.8) is 0 Å². The molecule has 0 atom stereocenters. The van der Waals surface area contributed by atoms with E-state index in [9.17, 15) is 0 Å². The Morgan fingerprint density at radius 3 is 2.50 bits per heavy atom. The number of hydrogen-bond donors (Lipinski definition) is 1. The van der Waals surface area contributed by atoms with Gasteiger partial charge in [0.1, 0.15) is 5.82 Å². The van der Waals surface area contributed by atoms with E-state index in [1.807, 2.05) is 30.3 Å². The van der Waals surface area contributed by atoms with Gasteiger partial charge in [-0.05, 0) is 15.9 Å². The minimum absolute atomic E-state index is 0.457. The van der Waals surface area contributed by atoms with Crippen LogP contribution in [0.3, 0.4) is 0 Å². The number of nitrogens with zero attached hydrogens (tertiary/aromatic N) is 2. The zero-order valence-corrected chi connectivity index (χ0v) is 8.90. The van der Waals surface area contributed by atoms with Crippen LogP contribution >= 0.6 is 15.9 Å². The van der Waals surface area contributed by atoms with E-state index in [1.165, 1.54) is 0 Å². The maximum absolute atomic E-state index is 5.66. The predicted octanol–water partition coefficient (Wildman–Crippen LogP) is 2.49. The van der Waals surface area contributed by atoms with E-state index >= 15 is 0 Å². The number of anilines is 1. The summed E-state index contributed by atoms with van der Waals surface area (Å²) in [4.78, 5) is 8.33. The summed E-state index contributed by atoms with van der Waals surface area (Å²) < 4.78 is 0.720. The number of rotatable bonds is 1. The lowest BCUT2D eigenvalue weighted by Gasteiger charge is -2.01. The molecule has 4 heteroatoms. The third kappa shape index (κ3) is 1.75. The van der Waals surface area contributed by atoms with E-state index in [0.29, 0.717) is 11.6 Å². The van der Waals surface area contributed by atoms with Crippen molar-refractivity contribution >= 4 is 21.7 Å². The fourth-order valence-corrected chi connectivity index (χ4v) is 1.30. The van der Waals surface area contributed by atoms with E-state index in [2.05, 4.69) is 25.9 Å². The smallest absolute Gasteiger partial charge is 0.161 e. The van der Waals surface area contributed by atoms with Gasteiger partial charge in [-0.15, -0.1) is 0 Å². The van der Waals surface area contributed by atoms with Crippen LogP contribution < -0.4 is 5.73 Å². The summed E-state index contributed by atoms with van der Waals surface area (Å²) in [6, 6.07) is 9.73. The molecule has 14 heavy (non-hydrogen) atoms. The van der Waals surface area contributed by atoms with Crippen molar-refractivity contribution in [3.8, 4) is 11.4 Å². The molecule has 0 unspecified atom stereocenters. The molecule has 0 amide bonds. The standard InChI is InChI=1S/C10H8BrN3/c11-8-6-13-10(14-9(8)12)7-4-2-1-3-5-7/h1-6H,(H2,12,13,14). The van der Waals surface area contributed by atoms with E-state index < -0.39 is 0 Å². The first-order valence-electron chi connectivity index (χ1n) is 4.11. The van der Waals surface area contributed by atoms with Gasteiger partial charge in [0.05, 0.1) is 4.47 Å². The molecule has 2 N–H and O–H groups in total. The van der Waals surface area contributed by atoms with Crippen molar-refractivity contribution < 1.29 is 0 Å². The van der Waals surface area contributed by atoms with E-state index in [4.69, 9.17) is 5.73 Å². The molecular weight excluding hydrogens is 242 g/mol. The molecule has 0 bridgehead atoms. The minimum atomic E-state index is 0.457. The summed E-state index contributed by atoms with van der Waals surface area (Å²) >= 11 is 3.25. The fourth-order valence-electron chi connectivity index (χ4n) is 1.11. The van der Waals surface area contributed by atoms with E-state index in [1.54, 1.807) is 6.20 Å². The molecule has 2 rings (SSSR count). The summed E-state index contributed by atoms with van der Waals surface area (Å²) in [6.07, 6.45) is 1.66. The molecule has 0 aliphatic heterocycles. The number of hydrogen-bond acceptors (Lipinski definition) is 3. The second-order valence-electron chi connectivity index (χ2n) is 2.79. The Labute approximate surface area is 90.1 Å². The van der Waals surface area contributed by atoms with Crippen molar-refractivity contribution in [2.24, 2.45) is 0 Å². The highest BCUT2D eigenvalue weighted by Gasteiger charge is 2.02. The van der Waals surface area contributed by atoms with Gasteiger partial charge in [0.2, 0.25) is 0 Å². The molecule has 1 aromatic heterocycles. The molecule has 0 spiro atoms. The summed E-state index contributed by atoms with van der Waals surface area (Å²) in [5.41, 5.74) is 6.62. The van der Waals surface area contributed by atoms with Crippen LogP contribution in [0.4, 0.5) is 5.82 Å². The highest BCUT2D eigenvalue weighted by Crippen LogP contribution is 2.20. The molecule has 70 valence electrons. The molecular formula is C10H8BrN3. The fraction of sp³-hybridized carbons (Fsp3) is 0. The number of nitrogens with two attached hydrogens (primary N) is 1. The van der Waals surface area contributed by atoms with Gasteiger partial charge in [0.25, 0.3) is 0 Å². The maximum Gasteiger partial charge on any atom is 0.161 e. The lowest BCUT2D eigenvalue weighted by Crippen LogP contribution is -1.96. The number of aromatic nitrogens is 2. The van der Waals surface area contributed by atoms with Crippen LogP contribution in [0.25, 0.3) is 11.4 Å². The molecule has 1 aromatic carbocycles. The van der Waals surface area contributed by atoms with Gasteiger partial charge in [0, 0.05) is 11.8 Å². The first-order valence-corrected chi connectivity index (χ1v) is 4.90. The van der Waals surface area contributed by atoms with Crippen molar-refractivity contribution in [3.05, 3.63) is 41.0 Å². The molecule has 0 aliphatic carbocycles. The number of benzene rings is 1. The van der Waals surface area contributed by atoms with Crippen LogP contribution in [-0.2, 0) is 0 Å². The molecule has 2 aromatic rings. The Morgan fingerprint density at radius 2 is 1.86 bits per heavy atom. The lowest BCUT2D eigenvalue weighted by atomic mass is 10.2. The third-order valence-corrected chi connectivity index (χ3v) is 2.41. The Balaban J connectivity index is 2.48. The van der Waals surface area contributed by atoms with Gasteiger partial charge in [-0.2, -0.15) is 0 Å². The summed E-state index contributed by atoms with van der Waals surface area (Å²) in [7, 11) is 0. The summed E-state index contributed by atoms with van der Waals surface area (Å²) in [5, 5.41) is 0. The van der Waals surface area contributed by atoms with Crippen LogP contribution in [0, 0.1) is 0 Å². The van der Waals surface area contributed by atoms with Gasteiger partial charge in [-0.25, -0.2) is 9.97 Å². The molecule has 0 radical (unpaired) electrons. The van der Waals surface area contributed by atoms with Gasteiger partial charge < -0.3 is 5.73 Å². The molecule has 0 saturated heterocycles. The molecule has 3 nitrogen and oxygen atoms in total. The largest absolute Gasteiger partial charge is 0.383 e. The predicted molar refractivity (Wildman–Crippen MR) is 59.6 cm³/mol. The van der Waals surface area contributed by atoms with Crippen LogP contribution in [0.1, 0.15) is 0 Å². The summed E-state index contributed by atoms with van der Waals surface area (Å²) in [6.45, 7) is 0. The molecule has 0 aliphatic rings. The Kier molecular flexibility index (Phi) is 2.45. The maximum atomic E-state index is 5.66. The van der Waals surface area contributed by atoms with Gasteiger partial charge in [-0.1, -0.05) is 30.3 Å². The highest BCUT2D eigenvalue weighted by atomic mass is 79.9. The topological polar surface area (TPSA) is 51.8 Å². The minimum Gasteiger partial charge on any atom is -0.383 e. The second-order valence-corrected chi connectivity index (χ2v) is 3.65. The van der Waals surface area contributed by atoms with Gasteiger partial charge in [-0.3, -0.25) is 0 Å². The van der Waals surface area contributed by atoms with Crippen molar-refractivity contribution in [2.75, 3.05) is 5.73 Å². The van der Waals surface area contributed by atoms with Gasteiger partial charge in [0.15, 0.2) is 5.82 Å². The van der Waals surface area contributed by atoms with Crippen LogP contribution in [-0.4, -0.2) is 9.97 Å². The normalized spacial score (nSPS) is 10.1. The Hall–Kier alpha value is -1.42. The molecule has 1 heterocycles. The average Bonchev–Trinajstić information content (AvgIpc) is 2.23. The monoisotopic (exact) mass is 249 g/mol. The highest BCUT2D eigenvalue weighted by molar-refractivity contribution is 9.10. The number of nitrogen functional groups attached to an aromatic ring is 1. The zero-order chi connectivity index (χ0) is 9.97.